The molecule has 0 heterocycles. The fourth-order valence-corrected chi connectivity index (χ4v) is 1.61. The van der Waals surface area contributed by atoms with Gasteiger partial charge in [-0.05, 0) is 38.1 Å². The number of aliphatic hydroxyl groups is 1. The second-order valence-corrected chi connectivity index (χ2v) is 4.73. The molecule has 1 saturated carbocycles. The van der Waals surface area contributed by atoms with Crippen molar-refractivity contribution in [1.82, 2.24) is 5.32 Å². The maximum absolute atomic E-state index is 11.4. The molecule has 0 aromatic carbocycles. The summed E-state index contributed by atoms with van der Waals surface area (Å²) in [4.78, 5) is 11.4. The summed E-state index contributed by atoms with van der Waals surface area (Å²) in [5, 5.41) is 12.5. The van der Waals surface area contributed by atoms with Gasteiger partial charge in [0.15, 0.2) is 0 Å². The molecule has 4 N–H and O–H groups in total. The molecule has 4 nitrogen and oxygen atoms in total. The summed E-state index contributed by atoms with van der Waals surface area (Å²) in [6.07, 6.45) is 4.02. The van der Waals surface area contributed by atoms with Crippen molar-refractivity contribution in [2.45, 2.75) is 44.6 Å². The molecule has 0 bridgehead atoms. The standard InChI is InChI=1S/C11H22N2O2/c1-9(7-12)3-4-10(14)13-8-11(15)5-2-6-11/h9,15H,2-8,12H2,1H3,(H,13,14). The minimum Gasteiger partial charge on any atom is -0.388 e. The lowest BCUT2D eigenvalue weighted by Crippen LogP contribution is -2.47. The van der Waals surface area contributed by atoms with E-state index in [4.69, 9.17) is 5.73 Å². The van der Waals surface area contributed by atoms with Gasteiger partial charge in [0.25, 0.3) is 0 Å². The molecule has 1 aliphatic carbocycles. The second-order valence-electron chi connectivity index (χ2n) is 4.73. The quantitative estimate of drug-likeness (QED) is 0.599. The van der Waals surface area contributed by atoms with E-state index in [1.165, 1.54) is 0 Å². The average molecular weight is 214 g/mol. The number of hydrogen-bond acceptors (Lipinski definition) is 3. The first-order valence-electron chi connectivity index (χ1n) is 5.75. The van der Waals surface area contributed by atoms with Crippen molar-refractivity contribution in [2.75, 3.05) is 13.1 Å². The van der Waals surface area contributed by atoms with Crippen molar-refractivity contribution >= 4 is 5.91 Å². The molecule has 15 heavy (non-hydrogen) atoms. The van der Waals surface area contributed by atoms with Crippen LogP contribution in [0.5, 0.6) is 0 Å². The van der Waals surface area contributed by atoms with Crippen molar-refractivity contribution < 1.29 is 9.90 Å². The van der Waals surface area contributed by atoms with Gasteiger partial charge in [-0.15, -0.1) is 0 Å². The van der Waals surface area contributed by atoms with Gasteiger partial charge in [-0.3, -0.25) is 4.79 Å². The van der Waals surface area contributed by atoms with Crippen LogP contribution >= 0.6 is 0 Å². The summed E-state index contributed by atoms with van der Waals surface area (Å²) in [5.74, 6) is 0.415. The first-order valence-corrected chi connectivity index (χ1v) is 5.75. The van der Waals surface area contributed by atoms with Crippen LogP contribution in [0.3, 0.4) is 0 Å². The lowest BCUT2D eigenvalue weighted by atomic mass is 9.80. The predicted molar refractivity (Wildman–Crippen MR) is 59.3 cm³/mol. The minimum absolute atomic E-state index is 0.0237. The monoisotopic (exact) mass is 214 g/mol. The van der Waals surface area contributed by atoms with Crippen molar-refractivity contribution in [3.05, 3.63) is 0 Å². The average Bonchev–Trinajstić information content (AvgIpc) is 2.20. The molecule has 0 saturated heterocycles. The lowest BCUT2D eigenvalue weighted by Gasteiger charge is -2.36. The fraction of sp³-hybridized carbons (Fsp3) is 0.909. The topological polar surface area (TPSA) is 75.4 Å². The first kappa shape index (κ1) is 12.5. The van der Waals surface area contributed by atoms with Gasteiger partial charge in [0.1, 0.15) is 0 Å². The Labute approximate surface area is 91.2 Å². The van der Waals surface area contributed by atoms with Crippen LogP contribution in [0.1, 0.15) is 39.0 Å². The smallest absolute Gasteiger partial charge is 0.220 e. The molecule has 88 valence electrons. The van der Waals surface area contributed by atoms with E-state index in [1.54, 1.807) is 0 Å². The molecule has 1 aliphatic rings. The Hall–Kier alpha value is -0.610. The number of carbonyl (C=O) groups is 1. The molecule has 1 fully saturated rings. The summed E-state index contributed by atoms with van der Waals surface area (Å²) < 4.78 is 0. The molecule has 0 aliphatic heterocycles. The Balaban J connectivity index is 2.08. The summed E-state index contributed by atoms with van der Waals surface area (Å²) in [5.41, 5.74) is 4.84. The van der Waals surface area contributed by atoms with Crippen LogP contribution in [0, 0.1) is 5.92 Å². The molecule has 0 aromatic heterocycles. The van der Waals surface area contributed by atoms with Crippen LogP contribution in [-0.2, 0) is 4.79 Å². The maximum Gasteiger partial charge on any atom is 0.220 e. The van der Waals surface area contributed by atoms with E-state index in [0.29, 0.717) is 25.4 Å². The maximum atomic E-state index is 11.4. The normalized spacial score (nSPS) is 20.5. The summed E-state index contributed by atoms with van der Waals surface area (Å²) in [6, 6.07) is 0. The van der Waals surface area contributed by atoms with Gasteiger partial charge in [-0.1, -0.05) is 6.92 Å². The van der Waals surface area contributed by atoms with Crippen LogP contribution in [0.2, 0.25) is 0 Å². The van der Waals surface area contributed by atoms with Gasteiger partial charge < -0.3 is 16.2 Å². The number of nitrogens with two attached hydrogens (primary N) is 1. The van der Waals surface area contributed by atoms with Gasteiger partial charge >= 0.3 is 0 Å². The highest BCUT2D eigenvalue weighted by Crippen LogP contribution is 2.30. The number of rotatable bonds is 6. The van der Waals surface area contributed by atoms with Crippen LogP contribution in [0.15, 0.2) is 0 Å². The molecule has 1 amide bonds. The van der Waals surface area contributed by atoms with Crippen LogP contribution in [0.25, 0.3) is 0 Å². The van der Waals surface area contributed by atoms with Crippen LogP contribution in [0.4, 0.5) is 0 Å². The van der Waals surface area contributed by atoms with E-state index < -0.39 is 5.60 Å². The zero-order valence-electron chi connectivity index (χ0n) is 9.46. The van der Waals surface area contributed by atoms with E-state index >= 15 is 0 Å². The van der Waals surface area contributed by atoms with Gasteiger partial charge in [-0.2, -0.15) is 0 Å². The van der Waals surface area contributed by atoms with Crippen LogP contribution in [-0.4, -0.2) is 29.7 Å². The third-order valence-electron chi connectivity index (χ3n) is 3.17. The highest BCUT2D eigenvalue weighted by molar-refractivity contribution is 5.75. The molecular formula is C11H22N2O2. The Kier molecular flexibility index (Phi) is 4.54. The summed E-state index contributed by atoms with van der Waals surface area (Å²) in [7, 11) is 0. The molecule has 1 unspecified atom stereocenters. The highest BCUT2D eigenvalue weighted by atomic mass is 16.3. The van der Waals surface area contributed by atoms with Gasteiger partial charge in [0.2, 0.25) is 5.91 Å². The predicted octanol–water partition coefficient (Wildman–Crippen LogP) is 0.393. The van der Waals surface area contributed by atoms with Crippen molar-refractivity contribution in [1.29, 1.82) is 0 Å². The first-order chi connectivity index (χ1) is 7.06. The molecule has 1 rings (SSSR count). The van der Waals surface area contributed by atoms with E-state index in [-0.39, 0.29) is 5.91 Å². The number of hydrogen-bond donors (Lipinski definition) is 3. The molecule has 0 aromatic rings. The third kappa shape index (κ3) is 4.18. The minimum atomic E-state index is -0.616. The van der Waals surface area contributed by atoms with Crippen molar-refractivity contribution in [3.8, 4) is 0 Å². The lowest BCUT2D eigenvalue weighted by molar-refractivity contribution is -0.123. The largest absolute Gasteiger partial charge is 0.388 e. The molecule has 4 heteroatoms. The second kappa shape index (κ2) is 5.47. The molecule has 0 radical (unpaired) electrons. The third-order valence-corrected chi connectivity index (χ3v) is 3.17. The number of amides is 1. The molecule has 0 spiro atoms. The summed E-state index contributed by atoms with van der Waals surface area (Å²) in [6.45, 7) is 3.06. The van der Waals surface area contributed by atoms with Gasteiger partial charge in [-0.25, -0.2) is 0 Å². The van der Waals surface area contributed by atoms with Gasteiger partial charge in [0, 0.05) is 13.0 Å². The van der Waals surface area contributed by atoms with Crippen LogP contribution < -0.4 is 11.1 Å². The van der Waals surface area contributed by atoms with Crippen molar-refractivity contribution in [2.24, 2.45) is 11.7 Å². The highest BCUT2D eigenvalue weighted by Gasteiger charge is 2.34. The summed E-state index contributed by atoms with van der Waals surface area (Å²) >= 11 is 0. The zero-order chi connectivity index (χ0) is 11.3. The Morgan fingerprint density at radius 3 is 2.73 bits per heavy atom. The van der Waals surface area contributed by atoms with Gasteiger partial charge in [0.05, 0.1) is 5.60 Å². The van der Waals surface area contributed by atoms with E-state index in [2.05, 4.69) is 5.32 Å². The van der Waals surface area contributed by atoms with Crippen molar-refractivity contribution in [3.63, 3.8) is 0 Å². The Morgan fingerprint density at radius 1 is 1.60 bits per heavy atom. The molecular weight excluding hydrogens is 192 g/mol. The Morgan fingerprint density at radius 2 is 2.27 bits per heavy atom. The Bertz CT molecular complexity index is 215. The SMILES string of the molecule is CC(CN)CCC(=O)NCC1(O)CCC1. The van der Waals surface area contributed by atoms with E-state index in [9.17, 15) is 9.90 Å². The fourth-order valence-electron chi connectivity index (χ4n) is 1.61. The number of nitrogens with one attached hydrogen (secondary N) is 1. The zero-order valence-corrected chi connectivity index (χ0v) is 9.46. The molecule has 1 atom stereocenters. The number of carbonyl (C=O) groups excluding carboxylic acids is 1. The van der Waals surface area contributed by atoms with E-state index in [0.717, 1.165) is 25.7 Å². The van der Waals surface area contributed by atoms with E-state index in [1.807, 2.05) is 6.92 Å².